The van der Waals surface area contributed by atoms with Crippen LogP contribution in [0.4, 0.5) is 0 Å². The van der Waals surface area contributed by atoms with Crippen LogP contribution >= 0.6 is 0 Å². The molecule has 0 bridgehead atoms. The molecule has 0 radical (unpaired) electrons. The second kappa shape index (κ2) is 11.6. The van der Waals surface area contributed by atoms with Gasteiger partial charge in [-0.15, -0.1) is 0 Å². The maximum atomic E-state index is 9.28. The van der Waals surface area contributed by atoms with E-state index < -0.39 is 0 Å². The predicted octanol–water partition coefficient (Wildman–Crippen LogP) is 5.10. The van der Waals surface area contributed by atoms with Gasteiger partial charge in [0.05, 0.1) is 25.6 Å². The lowest BCUT2D eigenvalue weighted by molar-refractivity contribution is 0.317. The van der Waals surface area contributed by atoms with Gasteiger partial charge in [0.15, 0.2) is 0 Å². The molecule has 2 rings (SSSR count). The summed E-state index contributed by atoms with van der Waals surface area (Å²) in [7, 11) is 3.25. The summed E-state index contributed by atoms with van der Waals surface area (Å²) >= 11 is 0. The third kappa shape index (κ3) is 6.30. The van der Waals surface area contributed by atoms with Crippen molar-refractivity contribution in [3.8, 4) is 11.5 Å². The van der Waals surface area contributed by atoms with E-state index in [4.69, 9.17) is 9.47 Å². The molecule has 6 nitrogen and oxygen atoms in total. The van der Waals surface area contributed by atoms with E-state index in [1.54, 1.807) is 14.2 Å². The van der Waals surface area contributed by atoms with Crippen molar-refractivity contribution in [3.63, 3.8) is 0 Å². The number of methoxy groups -OCH3 is 2. The Balaban J connectivity index is 1.72. The molecule has 0 amide bonds. The Labute approximate surface area is 166 Å². The minimum Gasteiger partial charge on any atom is -0.497 e. The fourth-order valence-corrected chi connectivity index (χ4v) is 3.01. The Morgan fingerprint density at radius 3 is 1.29 bits per heavy atom. The lowest BCUT2D eigenvalue weighted by Gasteiger charge is -2.07. The van der Waals surface area contributed by atoms with Gasteiger partial charge in [0.1, 0.15) is 11.5 Å². The fourth-order valence-electron chi connectivity index (χ4n) is 3.01. The second-order valence-corrected chi connectivity index (χ2v) is 6.46. The fraction of sp³-hybridized carbons (Fsp3) is 0.364. The molecule has 6 heteroatoms. The van der Waals surface area contributed by atoms with Crippen molar-refractivity contribution in [1.82, 2.24) is 0 Å². The van der Waals surface area contributed by atoms with E-state index in [1.807, 2.05) is 48.5 Å². The van der Waals surface area contributed by atoms with Gasteiger partial charge in [-0.2, -0.15) is 0 Å². The quantitative estimate of drug-likeness (QED) is 0.244. The number of benzene rings is 2. The van der Waals surface area contributed by atoms with Crippen molar-refractivity contribution >= 4 is 11.4 Å². The normalized spacial score (nSPS) is 12.1. The number of hydrogen-bond donors (Lipinski definition) is 2. The molecule has 0 saturated heterocycles. The highest BCUT2D eigenvalue weighted by Gasteiger charge is 2.07. The van der Waals surface area contributed by atoms with E-state index in [0.29, 0.717) is 24.3 Å². The summed E-state index contributed by atoms with van der Waals surface area (Å²) in [5.41, 5.74) is 3.16. The number of hydrogen-bond acceptors (Lipinski definition) is 6. The smallest absolute Gasteiger partial charge is 0.118 e. The molecule has 0 saturated carbocycles. The number of rotatable bonds is 11. The molecule has 0 aromatic heterocycles. The standard InChI is InChI=1S/C22H28N2O4/c1-27-19-13-9-17(10-14-19)21(23-25)7-5-3-4-6-8-22(24-26)18-11-15-20(28-2)16-12-18/h9-16,25-26H,3-8H2,1-2H3/b23-21-,24-22+. The molecule has 2 aromatic carbocycles. The molecule has 0 aliphatic carbocycles. The summed E-state index contributed by atoms with van der Waals surface area (Å²) in [4.78, 5) is 0. The summed E-state index contributed by atoms with van der Waals surface area (Å²) in [6.45, 7) is 0. The first-order valence-corrected chi connectivity index (χ1v) is 9.42. The molecule has 2 N–H and O–H groups in total. The van der Waals surface area contributed by atoms with Crippen LogP contribution in [-0.4, -0.2) is 36.1 Å². The minimum atomic E-state index is 0.679. The van der Waals surface area contributed by atoms with Gasteiger partial charge in [-0.3, -0.25) is 0 Å². The highest BCUT2D eigenvalue weighted by Crippen LogP contribution is 2.17. The van der Waals surface area contributed by atoms with Crippen molar-refractivity contribution in [2.45, 2.75) is 38.5 Å². The molecule has 2 aromatic rings. The first-order chi connectivity index (χ1) is 13.7. The van der Waals surface area contributed by atoms with Crippen LogP contribution in [0.15, 0.2) is 58.8 Å². The molecule has 0 aliphatic rings. The molecule has 0 unspecified atom stereocenters. The molecule has 150 valence electrons. The van der Waals surface area contributed by atoms with Gasteiger partial charge >= 0.3 is 0 Å². The van der Waals surface area contributed by atoms with Crippen LogP contribution in [0.25, 0.3) is 0 Å². The highest BCUT2D eigenvalue weighted by molar-refractivity contribution is 6.00. The molecule has 0 spiro atoms. The largest absolute Gasteiger partial charge is 0.497 e. The summed E-state index contributed by atoms with van der Waals surface area (Å²) in [6, 6.07) is 15.0. The van der Waals surface area contributed by atoms with Crippen molar-refractivity contribution in [2.24, 2.45) is 10.3 Å². The summed E-state index contributed by atoms with van der Waals surface area (Å²) in [5, 5.41) is 25.4. The molecule has 0 aliphatic heterocycles. The number of unbranched alkanes of at least 4 members (excludes halogenated alkanes) is 3. The van der Waals surface area contributed by atoms with E-state index in [1.165, 1.54) is 0 Å². The predicted molar refractivity (Wildman–Crippen MR) is 110 cm³/mol. The van der Waals surface area contributed by atoms with Crippen molar-refractivity contribution < 1.29 is 19.9 Å². The number of ether oxygens (including phenoxy) is 2. The molecular weight excluding hydrogens is 356 g/mol. The average Bonchev–Trinajstić information content (AvgIpc) is 2.76. The Bertz CT molecular complexity index is 701. The summed E-state index contributed by atoms with van der Waals surface area (Å²) in [6.07, 6.45) is 5.30. The van der Waals surface area contributed by atoms with Gasteiger partial charge in [0, 0.05) is 0 Å². The zero-order valence-electron chi connectivity index (χ0n) is 16.5. The summed E-state index contributed by atoms with van der Waals surface area (Å²) < 4.78 is 10.3. The first-order valence-electron chi connectivity index (χ1n) is 9.42. The van der Waals surface area contributed by atoms with Gasteiger partial charge in [0.25, 0.3) is 0 Å². The van der Waals surface area contributed by atoms with Crippen LogP contribution < -0.4 is 9.47 Å². The topological polar surface area (TPSA) is 83.6 Å². The monoisotopic (exact) mass is 384 g/mol. The van der Waals surface area contributed by atoms with E-state index >= 15 is 0 Å². The Kier molecular flexibility index (Phi) is 8.85. The molecule has 28 heavy (non-hydrogen) atoms. The Morgan fingerprint density at radius 1 is 0.643 bits per heavy atom. The molecule has 0 heterocycles. The zero-order chi connectivity index (χ0) is 20.2. The maximum absolute atomic E-state index is 9.28. The van der Waals surface area contributed by atoms with Gasteiger partial charge in [0.2, 0.25) is 0 Å². The average molecular weight is 384 g/mol. The molecule has 0 fully saturated rings. The minimum absolute atomic E-state index is 0.679. The van der Waals surface area contributed by atoms with Gasteiger partial charge in [-0.05, 0) is 85.3 Å². The Hall–Kier alpha value is -3.02. The lowest BCUT2D eigenvalue weighted by Crippen LogP contribution is -2.02. The second-order valence-electron chi connectivity index (χ2n) is 6.46. The van der Waals surface area contributed by atoms with Crippen molar-refractivity contribution in [1.29, 1.82) is 0 Å². The van der Waals surface area contributed by atoms with Crippen molar-refractivity contribution in [3.05, 3.63) is 59.7 Å². The van der Waals surface area contributed by atoms with Crippen LogP contribution in [0.3, 0.4) is 0 Å². The van der Waals surface area contributed by atoms with E-state index in [0.717, 1.165) is 48.3 Å². The maximum Gasteiger partial charge on any atom is 0.118 e. The SMILES string of the molecule is COc1ccc(/C(CCCCCC/C(=N\O)c2ccc(OC)cc2)=N\O)cc1. The van der Waals surface area contributed by atoms with Gasteiger partial charge < -0.3 is 19.9 Å². The van der Waals surface area contributed by atoms with Gasteiger partial charge in [-0.25, -0.2) is 0 Å². The lowest BCUT2D eigenvalue weighted by atomic mass is 10.0. The molecular formula is C22H28N2O4. The first kappa shape index (κ1) is 21.3. The zero-order valence-corrected chi connectivity index (χ0v) is 16.5. The van der Waals surface area contributed by atoms with Gasteiger partial charge in [-0.1, -0.05) is 23.2 Å². The highest BCUT2D eigenvalue weighted by atomic mass is 16.5. The van der Waals surface area contributed by atoms with Crippen LogP contribution in [-0.2, 0) is 0 Å². The van der Waals surface area contributed by atoms with Crippen molar-refractivity contribution in [2.75, 3.05) is 14.2 Å². The van der Waals surface area contributed by atoms with Crippen LogP contribution in [0.5, 0.6) is 11.5 Å². The van der Waals surface area contributed by atoms with E-state index in [-0.39, 0.29) is 0 Å². The molecule has 0 atom stereocenters. The summed E-state index contributed by atoms with van der Waals surface area (Å²) in [5.74, 6) is 1.55. The van der Waals surface area contributed by atoms with Crippen LogP contribution in [0.2, 0.25) is 0 Å². The van der Waals surface area contributed by atoms with E-state index in [9.17, 15) is 10.4 Å². The van der Waals surface area contributed by atoms with Crippen LogP contribution in [0, 0.1) is 0 Å². The van der Waals surface area contributed by atoms with E-state index in [2.05, 4.69) is 10.3 Å². The third-order valence-electron chi connectivity index (χ3n) is 4.67. The van der Waals surface area contributed by atoms with Crippen LogP contribution in [0.1, 0.15) is 49.7 Å². The number of oxime groups is 2. The Morgan fingerprint density at radius 2 is 1.00 bits per heavy atom. The third-order valence-corrected chi connectivity index (χ3v) is 4.67. The number of nitrogens with zero attached hydrogens (tertiary/aromatic N) is 2.